The third kappa shape index (κ3) is 3.20. The molecule has 0 saturated heterocycles. The maximum Gasteiger partial charge on any atom is 0.138 e. The summed E-state index contributed by atoms with van der Waals surface area (Å²) in [5, 5.41) is 0. The molecule has 1 nitrogen and oxygen atoms in total. The normalized spacial score (nSPS) is 9.40. The van der Waals surface area contributed by atoms with Crippen LogP contribution < -0.4 is 0 Å². The van der Waals surface area contributed by atoms with E-state index >= 15 is 0 Å². The van der Waals surface area contributed by atoms with Crippen molar-refractivity contribution in [2.75, 3.05) is 0 Å². The Bertz CT molecular complexity index is 592. The number of benzene rings is 3. The monoisotopic (exact) mass is 278 g/mol. The highest BCUT2D eigenvalue weighted by Crippen LogP contribution is 2.31. The molecule has 3 aromatic carbocycles. The maximum absolute atomic E-state index is 8.06. The van der Waals surface area contributed by atoms with Crippen molar-refractivity contribution in [1.82, 2.24) is 0 Å². The summed E-state index contributed by atoms with van der Waals surface area (Å²) in [6.07, 6.45) is 0. The summed E-state index contributed by atoms with van der Waals surface area (Å²) in [5.74, 6) is 0. The third-order valence-electron chi connectivity index (χ3n) is 3.10. The molecule has 0 radical (unpaired) electrons. The highest BCUT2D eigenvalue weighted by atomic mass is 31.0. The van der Waals surface area contributed by atoms with Gasteiger partial charge in [0.05, 0.1) is 0 Å². The molecule has 0 heterocycles. The Morgan fingerprint density at radius 1 is 0.450 bits per heavy atom. The summed E-state index contributed by atoms with van der Waals surface area (Å²) in [5.41, 5.74) is 5.09. The van der Waals surface area contributed by atoms with Gasteiger partial charge in [0.2, 0.25) is 0 Å². The smallest absolute Gasteiger partial charge is 0.138 e. The molecule has 0 fully saturated rings. The van der Waals surface area contributed by atoms with Gasteiger partial charge in [-0.2, -0.15) is 0 Å². The molecular formula is C18H15OP. The zero-order valence-electron chi connectivity index (χ0n) is 11.0. The van der Waals surface area contributed by atoms with Gasteiger partial charge in [0.1, 0.15) is 9.12 Å². The summed E-state index contributed by atoms with van der Waals surface area (Å²) < 4.78 is 8.06. The predicted molar refractivity (Wildman–Crippen MR) is 86.3 cm³/mol. The van der Waals surface area contributed by atoms with Crippen LogP contribution in [0, 0.1) is 0 Å². The molecule has 0 spiro atoms. The Morgan fingerprint density at radius 3 is 1.10 bits per heavy atom. The lowest BCUT2D eigenvalue weighted by Gasteiger charge is -2.09. The number of rotatable bonds is 2. The average Bonchev–Trinajstić information content (AvgIpc) is 2.58. The van der Waals surface area contributed by atoms with E-state index in [1.807, 2.05) is 0 Å². The highest BCUT2D eigenvalue weighted by molar-refractivity contribution is 7.00. The van der Waals surface area contributed by atoms with Crippen LogP contribution >= 0.6 is 9.12 Å². The van der Waals surface area contributed by atoms with Crippen molar-refractivity contribution >= 4 is 9.12 Å². The van der Waals surface area contributed by atoms with E-state index in [2.05, 4.69) is 84.9 Å². The molecule has 0 bridgehead atoms. The molecule has 98 valence electrons. The zero-order valence-corrected chi connectivity index (χ0v) is 12.0. The van der Waals surface area contributed by atoms with Crippen LogP contribution in [-0.4, -0.2) is 0 Å². The summed E-state index contributed by atoms with van der Waals surface area (Å²) in [4.78, 5) is 0. The molecule has 0 saturated carbocycles. The Hall–Kier alpha value is -2.24. The lowest BCUT2D eigenvalue weighted by Crippen LogP contribution is -1.83. The van der Waals surface area contributed by atoms with Gasteiger partial charge in [-0.05, 0) is 22.3 Å². The topological polar surface area (TPSA) is 17.1 Å². The molecule has 0 unspecified atom stereocenters. The summed E-state index contributed by atoms with van der Waals surface area (Å²) >= 11 is 0. The molecule has 2 heteroatoms. The summed E-state index contributed by atoms with van der Waals surface area (Å²) in [7, 11) is 1.72. The highest BCUT2D eigenvalue weighted by Gasteiger charge is 2.05. The Balaban J connectivity index is 0.000000704. The van der Waals surface area contributed by atoms with E-state index in [9.17, 15) is 0 Å². The van der Waals surface area contributed by atoms with E-state index in [-0.39, 0.29) is 0 Å². The quantitative estimate of drug-likeness (QED) is 0.566. The molecule has 0 aliphatic carbocycles. The molecule has 0 aliphatic rings. The van der Waals surface area contributed by atoms with E-state index in [0.717, 1.165) is 0 Å². The second-order valence-corrected chi connectivity index (χ2v) is 4.28. The van der Waals surface area contributed by atoms with Crippen molar-refractivity contribution in [3.05, 3.63) is 84.9 Å². The molecule has 3 rings (SSSR count). The van der Waals surface area contributed by atoms with Crippen LogP contribution in [0.2, 0.25) is 0 Å². The zero-order chi connectivity index (χ0) is 14.2. The SMILES string of the molecule is O=P.c1ccc(-c2ccccc2-c2ccccc2)cc1. The van der Waals surface area contributed by atoms with Crippen LogP contribution in [0.5, 0.6) is 0 Å². The Labute approximate surface area is 121 Å². The number of hydrogen-bond donors (Lipinski definition) is 0. The molecule has 0 amide bonds. The van der Waals surface area contributed by atoms with Crippen LogP contribution in [0.3, 0.4) is 0 Å². The molecule has 0 aromatic heterocycles. The minimum Gasteiger partial charge on any atom is -0.279 e. The first-order valence-corrected chi connectivity index (χ1v) is 6.76. The lowest BCUT2D eigenvalue weighted by atomic mass is 9.95. The van der Waals surface area contributed by atoms with E-state index in [0.29, 0.717) is 0 Å². The molecular weight excluding hydrogens is 263 g/mol. The largest absolute Gasteiger partial charge is 0.279 e. The lowest BCUT2D eigenvalue weighted by molar-refractivity contribution is 0.607. The second kappa shape index (κ2) is 7.37. The van der Waals surface area contributed by atoms with Crippen LogP contribution in [0.25, 0.3) is 22.3 Å². The first-order chi connectivity index (χ1) is 9.95. The fourth-order valence-corrected chi connectivity index (χ4v) is 2.22. The fourth-order valence-electron chi connectivity index (χ4n) is 2.22. The van der Waals surface area contributed by atoms with Crippen LogP contribution in [-0.2, 0) is 4.57 Å². The van der Waals surface area contributed by atoms with E-state index in [1.165, 1.54) is 22.3 Å². The molecule has 0 N–H and O–H groups in total. The molecule has 0 atom stereocenters. The molecule has 3 aromatic rings. The van der Waals surface area contributed by atoms with Crippen molar-refractivity contribution < 1.29 is 4.57 Å². The standard InChI is InChI=1S/C18H14.HOP/c1-3-9-15(10-4-1)17-13-7-8-14-18(17)16-11-5-2-6-12-16;1-2/h1-14H;2H. The number of hydrogen-bond acceptors (Lipinski definition) is 1. The van der Waals surface area contributed by atoms with Gasteiger partial charge in [0.15, 0.2) is 0 Å². The van der Waals surface area contributed by atoms with Crippen molar-refractivity contribution in [3.63, 3.8) is 0 Å². The summed E-state index contributed by atoms with van der Waals surface area (Å²) in [6, 6.07) is 29.6. The average molecular weight is 278 g/mol. The minimum atomic E-state index is 1.26. The Kier molecular flexibility index (Phi) is 5.23. The van der Waals surface area contributed by atoms with E-state index in [4.69, 9.17) is 4.57 Å². The third-order valence-corrected chi connectivity index (χ3v) is 3.10. The van der Waals surface area contributed by atoms with Crippen molar-refractivity contribution in [3.8, 4) is 22.3 Å². The van der Waals surface area contributed by atoms with Gasteiger partial charge >= 0.3 is 0 Å². The molecule has 20 heavy (non-hydrogen) atoms. The summed E-state index contributed by atoms with van der Waals surface area (Å²) in [6.45, 7) is 0. The fraction of sp³-hybridized carbons (Fsp3) is 0. The Morgan fingerprint density at radius 2 is 0.750 bits per heavy atom. The van der Waals surface area contributed by atoms with Crippen molar-refractivity contribution in [2.24, 2.45) is 0 Å². The van der Waals surface area contributed by atoms with Gasteiger partial charge in [-0.3, -0.25) is 4.57 Å². The van der Waals surface area contributed by atoms with Gasteiger partial charge in [-0.25, -0.2) is 0 Å². The maximum atomic E-state index is 8.06. The molecule has 0 aliphatic heterocycles. The second-order valence-electron chi connectivity index (χ2n) is 4.28. The van der Waals surface area contributed by atoms with E-state index in [1.54, 1.807) is 9.12 Å². The van der Waals surface area contributed by atoms with Gasteiger partial charge in [0, 0.05) is 0 Å². The first-order valence-electron chi connectivity index (χ1n) is 6.35. The van der Waals surface area contributed by atoms with Gasteiger partial charge in [-0.1, -0.05) is 84.9 Å². The van der Waals surface area contributed by atoms with Gasteiger partial charge in [-0.15, -0.1) is 0 Å². The van der Waals surface area contributed by atoms with Crippen molar-refractivity contribution in [2.45, 2.75) is 0 Å². The van der Waals surface area contributed by atoms with Gasteiger partial charge in [0.25, 0.3) is 0 Å². The van der Waals surface area contributed by atoms with Crippen LogP contribution in [0.4, 0.5) is 0 Å². The van der Waals surface area contributed by atoms with Crippen LogP contribution in [0.1, 0.15) is 0 Å². The van der Waals surface area contributed by atoms with Gasteiger partial charge < -0.3 is 0 Å². The van der Waals surface area contributed by atoms with E-state index < -0.39 is 0 Å². The first kappa shape index (κ1) is 14.2. The van der Waals surface area contributed by atoms with Crippen LogP contribution in [0.15, 0.2) is 84.9 Å². The minimum absolute atomic E-state index is 1.26. The van der Waals surface area contributed by atoms with Crippen molar-refractivity contribution in [1.29, 1.82) is 0 Å². The predicted octanol–water partition coefficient (Wildman–Crippen LogP) is 5.50.